The molecule has 3 rings (SSSR count). The molecule has 1 saturated heterocycles. The fraction of sp³-hybridized carbons (Fsp3) is 0.235. The monoisotopic (exact) mass is 398 g/mol. The highest BCUT2D eigenvalue weighted by Crippen LogP contribution is 2.21. The molecule has 0 aromatic heterocycles. The van der Waals surface area contributed by atoms with E-state index in [9.17, 15) is 17.6 Å². The number of hydrogen-bond acceptors (Lipinski definition) is 4. The Hall–Kier alpha value is -2.00. The molecule has 2 aromatic rings. The number of nitrogens with one attached hydrogen (secondary N) is 1. The molecular weight excluding hydrogens is 383 g/mol. The van der Waals surface area contributed by atoms with Gasteiger partial charge in [0.2, 0.25) is 10.0 Å². The van der Waals surface area contributed by atoms with Crippen molar-refractivity contribution in [3.8, 4) is 0 Å². The summed E-state index contributed by atoms with van der Waals surface area (Å²) in [6.07, 6.45) is 0. The second-order valence-corrected chi connectivity index (χ2v) is 7.99. The van der Waals surface area contributed by atoms with Crippen LogP contribution in [0.5, 0.6) is 0 Å². The molecule has 6 nitrogen and oxygen atoms in total. The second-order valence-electron chi connectivity index (χ2n) is 5.62. The molecule has 0 spiro atoms. The average molecular weight is 399 g/mol. The molecule has 26 heavy (non-hydrogen) atoms. The van der Waals surface area contributed by atoms with Crippen LogP contribution in [0.3, 0.4) is 0 Å². The van der Waals surface area contributed by atoms with Crippen molar-refractivity contribution < 1.29 is 22.3 Å². The number of hydrogen-bond donors (Lipinski definition) is 1. The fourth-order valence-corrected chi connectivity index (χ4v) is 4.08. The van der Waals surface area contributed by atoms with Gasteiger partial charge in [-0.1, -0.05) is 11.6 Å². The first-order valence-corrected chi connectivity index (χ1v) is 9.64. The molecule has 1 fully saturated rings. The highest BCUT2D eigenvalue weighted by molar-refractivity contribution is 7.89. The number of ether oxygens (including phenoxy) is 1. The zero-order valence-corrected chi connectivity index (χ0v) is 15.2. The minimum atomic E-state index is -3.63. The third-order valence-electron chi connectivity index (χ3n) is 3.90. The minimum absolute atomic E-state index is 0.0486. The third kappa shape index (κ3) is 4.04. The second kappa shape index (κ2) is 7.71. The molecule has 1 N–H and O–H groups in total. The number of halogens is 2. The van der Waals surface area contributed by atoms with Gasteiger partial charge >= 0.3 is 0 Å². The summed E-state index contributed by atoms with van der Waals surface area (Å²) in [5.74, 6) is -1.18. The van der Waals surface area contributed by atoms with Crippen LogP contribution < -0.4 is 5.32 Å². The van der Waals surface area contributed by atoms with E-state index in [1.807, 2.05) is 0 Å². The first kappa shape index (κ1) is 18.8. The molecule has 0 unspecified atom stereocenters. The van der Waals surface area contributed by atoms with Gasteiger partial charge in [0.1, 0.15) is 5.82 Å². The van der Waals surface area contributed by atoms with Crippen molar-refractivity contribution in [1.29, 1.82) is 0 Å². The summed E-state index contributed by atoms with van der Waals surface area (Å²) in [6, 6.07) is 9.29. The van der Waals surface area contributed by atoms with E-state index in [0.717, 1.165) is 6.07 Å². The molecule has 0 atom stereocenters. The van der Waals surface area contributed by atoms with E-state index in [2.05, 4.69) is 5.32 Å². The summed E-state index contributed by atoms with van der Waals surface area (Å²) in [5, 5.41) is 2.70. The first-order valence-electron chi connectivity index (χ1n) is 7.82. The molecule has 1 aliphatic rings. The van der Waals surface area contributed by atoms with Crippen molar-refractivity contribution in [2.75, 3.05) is 31.6 Å². The van der Waals surface area contributed by atoms with Crippen LogP contribution in [0.4, 0.5) is 10.1 Å². The number of rotatable bonds is 4. The lowest BCUT2D eigenvalue weighted by Gasteiger charge is -2.26. The molecule has 1 amide bonds. The molecule has 0 bridgehead atoms. The van der Waals surface area contributed by atoms with Crippen molar-refractivity contribution >= 4 is 33.2 Å². The van der Waals surface area contributed by atoms with Crippen LogP contribution in [-0.2, 0) is 14.8 Å². The van der Waals surface area contributed by atoms with Crippen LogP contribution in [0.1, 0.15) is 10.4 Å². The van der Waals surface area contributed by atoms with E-state index in [1.165, 1.54) is 40.7 Å². The van der Waals surface area contributed by atoms with E-state index in [0.29, 0.717) is 26.3 Å². The Labute approximate surface area is 155 Å². The summed E-state index contributed by atoms with van der Waals surface area (Å²) in [6.45, 7) is 1.28. The number of morpholine rings is 1. The van der Waals surface area contributed by atoms with Crippen molar-refractivity contribution in [2.24, 2.45) is 0 Å². The minimum Gasteiger partial charge on any atom is -0.379 e. The molecule has 9 heteroatoms. The van der Waals surface area contributed by atoms with E-state index >= 15 is 0 Å². The number of anilines is 1. The van der Waals surface area contributed by atoms with Gasteiger partial charge < -0.3 is 10.1 Å². The highest BCUT2D eigenvalue weighted by atomic mass is 35.5. The Morgan fingerprint density at radius 1 is 1.12 bits per heavy atom. The Balaban J connectivity index is 1.76. The number of nitrogens with zero attached hydrogens (tertiary/aromatic N) is 1. The van der Waals surface area contributed by atoms with Gasteiger partial charge in [0.15, 0.2) is 0 Å². The number of sulfonamides is 1. The molecule has 138 valence electrons. The van der Waals surface area contributed by atoms with E-state index < -0.39 is 21.7 Å². The summed E-state index contributed by atoms with van der Waals surface area (Å²) >= 11 is 5.79. The smallest absolute Gasteiger partial charge is 0.255 e. The molecule has 1 heterocycles. The van der Waals surface area contributed by atoms with Gasteiger partial charge in [0.05, 0.1) is 23.8 Å². The van der Waals surface area contributed by atoms with Gasteiger partial charge in [-0.15, -0.1) is 0 Å². The molecule has 0 aliphatic carbocycles. The van der Waals surface area contributed by atoms with Gasteiger partial charge in [-0.2, -0.15) is 4.31 Å². The summed E-state index contributed by atoms with van der Waals surface area (Å²) in [5.41, 5.74) is 0.151. The summed E-state index contributed by atoms with van der Waals surface area (Å²) in [7, 11) is -3.63. The van der Waals surface area contributed by atoms with Crippen LogP contribution in [0.25, 0.3) is 0 Å². The largest absolute Gasteiger partial charge is 0.379 e. The fourth-order valence-electron chi connectivity index (χ4n) is 2.50. The van der Waals surface area contributed by atoms with Crippen molar-refractivity contribution in [1.82, 2.24) is 4.31 Å². The zero-order chi connectivity index (χ0) is 18.7. The van der Waals surface area contributed by atoms with Crippen LogP contribution in [0.15, 0.2) is 47.4 Å². The Morgan fingerprint density at radius 2 is 1.77 bits per heavy atom. The van der Waals surface area contributed by atoms with Crippen LogP contribution in [0.2, 0.25) is 5.02 Å². The Bertz CT molecular complexity index is 913. The Kier molecular flexibility index (Phi) is 5.57. The van der Waals surface area contributed by atoms with Gasteiger partial charge in [-0.3, -0.25) is 4.79 Å². The number of carbonyl (C=O) groups excluding carboxylic acids is 1. The topological polar surface area (TPSA) is 75.7 Å². The average Bonchev–Trinajstić information content (AvgIpc) is 2.65. The van der Waals surface area contributed by atoms with Gasteiger partial charge in [0, 0.05) is 23.7 Å². The normalized spacial score (nSPS) is 15.6. The van der Waals surface area contributed by atoms with Gasteiger partial charge in [-0.25, -0.2) is 12.8 Å². The molecule has 0 radical (unpaired) electrons. The molecule has 2 aromatic carbocycles. The maximum absolute atomic E-state index is 13.7. The number of benzene rings is 2. The lowest BCUT2D eigenvalue weighted by Crippen LogP contribution is -2.40. The maximum atomic E-state index is 13.7. The van der Waals surface area contributed by atoms with E-state index in [-0.39, 0.29) is 21.2 Å². The van der Waals surface area contributed by atoms with Gasteiger partial charge in [-0.05, 0) is 42.5 Å². The van der Waals surface area contributed by atoms with Crippen molar-refractivity contribution in [3.63, 3.8) is 0 Å². The quantitative estimate of drug-likeness (QED) is 0.859. The van der Waals surface area contributed by atoms with E-state index in [4.69, 9.17) is 16.3 Å². The first-order chi connectivity index (χ1) is 12.4. The third-order valence-corrected chi connectivity index (χ3v) is 6.05. The predicted octanol–water partition coefficient (Wildman–Crippen LogP) is 2.75. The maximum Gasteiger partial charge on any atom is 0.255 e. The lowest BCUT2D eigenvalue weighted by molar-refractivity contribution is 0.0730. The Morgan fingerprint density at radius 3 is 2.42 bits per heavy atom. The van der Waals surface area contributed by atoms with Gasteiger partial charge in [0.25, 0.3) is 5.91 Å². The number of amides is 1. The predicted molar refractivity (Wildman–Crippen MR) is 95.4 cm³/mol. The van der Waals surface area contributed by atoms with Crippen LogP contribution >= 0.6 is 11.6 Å². The van der Waals surface area contributed by atoms with Crippen LogP contribution in [0, 0.1) is 5.82 Å². The highest BCUT2D eigenvalue weighted by Gasteiger charge is 2.26. The lowest BCUT2D eigenvalue weighted by atomic mass is 10.2. The molecule has 0 saturated carbocycles. The number of carbonyl (C=O) groups is 1. The van der Waals surface area contributed by atoms with Crippen molar-refractivity contribution in [3.05, 3.63) is 58.9 Å². The summed E-state index contributed by atoms with van der Waals surface area (Å²) < 4.78 is 45.3. The molecule has 1 aliphatic heterocycles. The van der Waals surface area contributed by atoms with Crippen molar-refractivity contribution in [2.45, 2.75) is 4.90 Å². The molecular formula is C17H16ClFN2O4S. The van der Waals surface area contributed by atoms with E-state index in [1.54, 1.807) is 0 Å². The van der Waals surface area contributed by atoms with Crippen LogP contribution in [-0.4, -0.2) is 44.9 Å². The zero-order valence-electron chi connectivity index (χ0n) is 13.6. The summed E-state index contributed by atoms with van der Waals surface area (Å²) in [4.78, 5) is 12.3. The SMILES string of the molecule is O=C(Nc1cc(Cl)ccc1F)c1ccc(S(=O)(=O)N2CCOCC2)cc1. The standard InChI is InChI=1S/C17H16ClFN2O4S/c18-13-3-6-15(19)16(11-13)20-17(22)12-1-4-14(5-2-12)26(23,24)21-7-9-25-10-8-21/h1-6,11H,7-10H2,(H,20,22).